The average Bonchev–Trinajstić information content (AvgIpc) is 3.63. The van der Waals surface area contributed by atoms with Crippen molar-refractivity contribution >= 4 is 62.6 Å². The lowest BCUT2D eigenvalue weighted by Crippen LogP contribution is -2.49. The summed E-state index contributed by atoms with van der Waals surface area (Å²) in [6.07, 6.45) is 1.26. The van der Waals surface area contributed by atoms with Crippen molar-refractivity contribution in [3.05, 3.63) is 99.3 Å². The average molecular weight is 1060 g/mol. The van der Waals surface area contributed by atoms with Crippen LogP contribution in [0.2, 0.25) is 10.0 Å². The van der Waals surface area contributed by atoms with Crippen LogP contribution in [0.5, 0.6) is 23.1 Å². The molecule has 19 heteroatoms. The topological polar surface area (TPSA) is 151 Å². The van der Waals surface area contributed by atoms with Crippen LogP contribution in [-0.2, 0) is 32.1 Å². The summed E-state index contributed by atoms with van der Waals surface area (Å²) in [5.41, 5.74) is 3.73. The number of hydrogen-bond donors (Lipinski definition) is 0. The van der Waals surface area contributed by atoms with Crippen molar-refractivity contribution in [3.8, 4) is 44.7 Å². The van der Waals surface area contributed by atoms with Gasteiger partial charge in [-0.3, -0.25) is 9.69 Å². The largest absolute Gasteiger partial charge is 0.490 e. The number of carbonyl (C=O) groups excluding carboxylic acids is 2. The Morgan fingerprint density at radius 1 is 0.904 bits per heavy atom. The molecule has 4 bridgehead atoms. The quantitative estimate of drug-likeness (QED) is 0.120. The number of piperidine rings is 1. The van der Waals surface area contributed by atoms with Gasteiger partial charge in [0, 0.05) is 74.4 Å². The van der Waals surface area contributed by atoms with Crippen molar-refractivity contribution in [2.75, 3.05) is 71.0 Å². The van der Waals surface area contributed by atoms with Crippen LogP contribution in [0.4, 0.5) is 10.3 Å². The zero-order valence-electron chi connectivity index (χ0n) is 41.9. The maximum atomic E-state index is 14.6. The van der Waals surface area contributed by atoms with Gasteiger partial charge in [-0.2, -0.15) is 0 Å². The molecule has 7 heterocycles. The van der Waals surface area contributed by atoms with Gasteiger partial charge in [0.1, 0.15) is 53.4 Å². The van der Waals surface area contributed by atoms with E-state index in [1.807, 2.05) is 32.9 Å². The van der Waals surface area contributed by atoms with Gasteiger partial charge in [-0.05, 0) is 119 Å². The first-order valence-corrected chi connectivity index (χ1v) is 26.2. The first kappa shape index (κ1) is 50.7. The highest BCUT2D eigenvalue weighted by atomic mass is 35.5. The second-order valence-corrected chi connectivity index (χ2v) is 21.9. The maximum absolute atomic E-state index is 14.6. The summed E-state index contributed by atoms with van der Waals surface area (Å²) in [6, 6.07) is 13.5. The number of thiophene rings is 1. The van der Waals surface area contributed by atoms with Crippen molar-refractivity contribution in [2.24, 2.45) is 17.8 Å². The molecule has 0 spiro atoms. The standard InChI is InChI=1S/C54H58Cl2FN7O8S/c1-8-67-52(66)42-37-24-64(25-38(37)42)53-58-16-15-34(61-53)26-69-39-14-13-35-21-32(39)22-40(51(65)72-54(4,5)6)71-49-44-43(48(73-50(44)60-28-59-49)31-9-11-33(57)12-10-31)41-29(2)45(55)47(46(56)30(41)3)70-36(27-68-35)23-63-19-17-62(7)18-20-63/h9-16,21,28,36-38,40,42H,8,17-20,22-27H2,1-7H3/t36-,37-,38+,40-,42?/m1/s1. The van der Waals surface area contributed by atoms with E-state index in [4.69, 9.17) is 66.6 Å². The van der Waals surface area contributed by atoms with Gasteiger partial charge < -0.3 is 38.2 Å². The molecule has 1 unspecified atom stereocenters. The SMILES string of the molecule is CCOC(=O)C1[C@H]2CN(c3nccc(COc4ccc5cc4C[C@H](C(=O)OC(C)(C)C)Oc4ncnc6sc(-c7ccc(F)cc7)c(c46)-c4c(C)c(Cl)c(c(Cl)c4C)O[C@H](CN4CCN(C)CC4)CO5)n3)C[C@@H]12. The van der Waals surface area contributed by atoms with Crippen molar-refractivity contribution in [1.82, 2.24) is 29.7 Å². The number of fused-ring (bicyclic) bond motifs is 8. The monoisotopic (exact) mass is 1050 g/mol. The Kier molecular flexibility index (Phi) is 14.4. The molecule has 3 aromatic carbocycles. The van der Waals surface area contributed by atoms with Crippen molar-refractivity contribution in [1.29, 1.82) is 0 Å². The third-order valence-electron chi connectivity index (χ3n) is 13.9. The smallest absolute Gasteiger partial charge is 0.348 e. The van der Waals surface area contributed by atoms with Crippen molar-refractivity contribution in [2.45, 2.75) is 72.4 Å². The first-order chi connectivity index (χ1) is 35.0. The molecule has 15 nitrogen and oxygen atoms in total. The van der Waals surface area contributed by atoms with Crippen LogP contribution < -0.4 is 23.8 Å². The van der Waals surface area contributed by atoms with E-state index in [-0.39, 0.29) is 55.1 Å². The molecule has 1 aliphatic carbocycles. The summed E-state index contributed by atoms with van der Waals surface area (Å²) in [5.74, 6) is 1.16. The Morgan fingerprint density at radius 2 is 1.63 bits per heavy atom. The number of benzene rings is 3. The number of aromatic nitrogens is 4. The van der Waals surface area contributed by atoms with E-state index < -0.39 is 23.8 Å². The van der Waals surface area contributed by atoms with Crippen LogP contribution in [0.3, 0.4) is 0 Å². The van der Waals surface area contributed by atoms with E-state index in [0.29, 0.717) is 109 Å². The van der Waals surface area contributed by atoms with Crippen molar-refractivity contribution in [3.63, 3.8) is 0 Å². The van der Waals surface area contributed by atoms with E-state index in [9.17, 15) is 14.0 Å². The number of halogens is 3. The van der Waals surface area contributed by atoms with Gasteiger partial charge in [0.15, 0.2) is 5.75 Å². The summed E-state index contributed by atoms with van der Waals surface area (Å²) in [5, 5.41) is 1.13. The molecule has 5 aliphatic rings. The van der Waals surface area contributed by atoms with E-state index in [2.05, 4.69) is 26.7 Å². The van der Waals surface area contributed by atoms with Gasteiger partial charge in [-0.1, -0.05) is 35.3 Å². The summed E-state index contributed by atoms with van der Waals surface area (Å²) in [6.45, 7) is 16.9. The van der Waals surface area contributed by atoms with Crippen LogP contribution in [0.1, 0.15) is 50.1 Å². The second-order valence-electron chi connectivity index (χ2n) is 20.2. The molecule has 1 saturated carbocycles. The maximum Gasteiger partial charge on any atom is 0.348 e. The van der Waals surface area contributed by atoms with Crippen LogP contribution >= 0.6 is 34.5 Å². The number of esters is 2. The number of likely N-dealkylation sites (N-methyl/N-ethyl adjacent to an activating group) is 1. The third-order valence-corrected chi connectivity index (χ3v) is 15.9. The van der Waals surface area contributed by atoms with Gasteiger partial charge in [0.25, 0.3) is 0 Å². The normalized spacial score (nSPS) is 21.2. The Labute approximate surface area is 437 Å². The summed E-state index contributed by atoms with van der Waals surface area (Å²) in [7, 11) is 2.11. The Balaban J connectivity index is 1.06. The van der Waals surface area contributed by atoms with Gasteiger partial charge >= 0.3 is 11.9 Å². The van der Waals surface area contributed by atoms with Gasteiger partial charge in [0.2, 0.25) is 17.9 Å². The number of anilines is 1. The number of carbonyl (C=O) groups is 2. The highest BCUT2D eigenvalue weighted by Gasteiger charge is 2.60. The summed E-state index contributed by atoms with van der Waals surface area (Å²) >= 11 is 16.2. The molecular weight excluding hydrogens is 997 g/mol. The van der Waals surface area contributed by atoms with Gasteiger partial charge in [0.05, 0.1) is 33.7 Å². The lowest BCUT2D eigenvalue weighted by Gasteiger charge is -2.35. The van der Waals surface area contributed by atoms with Gasteiger partial charge in [-0.25, -0.2) is 29.1 Å². The number of nitrogens with zero attached hydrogens (tertiary/aromatic N) is 7. The zero-order valence-corrected chi connectivity index (χ0v) is 44.2. The van der Waals surface area contributed by atoms with Gasteiger partial charge in [-0.15, -0.1) is 11.3 Å². The summed E-state index contributed by atoms with van der Waals surface area (Å²) < 4.78 is 52.9. The molecule has 0 N–H and O–H groups in total. The fraction of sp³-hybridized carbons (Fsp3) is 0.444. The molecule has 6 aromatic rings. The highest BCUT2D eigenvalue weighted by molar-refractivity contribution is 7.22. The van der Waals surface area contributed by atoms with Crippen LogP contribution in [-0.4, -0.2) is 126 Å². The Bertz CT molecular complexity index is 3020. The molecule has 5 atom stereocenters. The number of piperazine rings is 1. The lowest BCUT2D eigenvalue weighted by atomic mass is 9.92. The lowest BCUT2D eigenvalue weighted by molar-refractivity contribution is -0.163. The predicted octanol–water partition coefficient (Wildman–Crippen LogP) is 9.42. The molecular formula is C54H58Cl2FN7O8S. The van der Waals surface area contributed by atoms with E-state index in [0.717, 1.165) is 31.1 Å². The number of hydrogen-bond acceptors (Lipinski definition) is 16. The minimum atomic E-state index is -1.27. The van der Waals surface area contributed by atoms with E-state index in [1.54, 1.807) is 51.2 Å². The molecule has 0 amide bonds. The molecule has 4 aliphatic heterocycles. The van der Waals surface area contributed by atoms with Crippen LogP contribution in [0.25, 0.3) is 31.8 Å². The fourth-order valence-electron chi connectivity index (χ4n) is 10.1. The fourth-order valence-corrected chi connectivity index (χ4v) is 11.8. The van der Waals surface area contributed by atoms with E-state index in [1.165, 1.54) is 29.8 Å². The zero-order chi connectivity index (χ0) is 51.3. The first-order valence-electron chi connectivity index (χ1n) is 24.6. The minimum Gasteiger partial charge on any atom is -0.490 e. The summed E-state index contributed by atoms with van der Waals surface area (Å²) in [4.78, 5) is 53.9. The van der Waals surface area contributed by atoms with Crippen LogP contribution in [0.15, 0.2) is 61.1 Å². The van der Waals surface area contributed by atoms with Crippen molar-refractivity contribution < 1.29 is 42.4 Å². The highest BCUT2D eigenvalue weighted by Crippen LogP contribution is 2.54. The van der Waals surface area contributed by atoms with Crippen LogP contribution in [0, 0.1) is 37.4 Å². The predicted molar refractivity (Wildman–Crippen MR) is 278 cm³/mol. The molecule has 0 radical (unpaired) electrons. The number of rotatable bonds is 10. The molecule has 73 heavy (non-hydrogen) atoms. The Hall–Kier alpha value is -5.85. The molecule has 3 aromatic heterocycles. The molecule has 384 valence electrons. The number of ether oxygens (including phenoxy) is 6. The Morgan fingerprint density at radius 3 is 2.33 bits per heavy atom. The second kappa shape index (κ2) is 20.8. The molecule has 11 rings (SSSR count). The van der Waals surface area contributed by atoms with E-state index >= 15 is 0 Å². The molecule has 2 saturated heterocycles. The third kappa shape index (κ3) is 10.7. The molecule has 3 fully saturated rings. The minimum absolute atomic E-state index is 0.0321.